The van der Waals surface area contributed by atoms with Crippen LogP contribution in [0.2, 0.25) is 0 Å². The fraction of sp³-hybridized carbons (Fsp3) is 0.148. The molecule has 0 bridgehead atoms. The third kappa shape index (κ3) is 5.20. The molecule has 0 saturated carbocycles. The monoisotopic (exact) mass is 490 g/mol. The van der Waals surface area contributed by atoms with Crippen molar-refractivity contribution in [3.63, 3.8) is 0 Å². The maximum absolute atomic E-state index is 13.1. The lowest BCUT2D eigenvalue weighted by atomic mass is 10.0. The second-order valence-corrected chi connectivity index (χ2v) is 7.62. The zero-order valence-electron chi connectivity index (χ0n) is 19.8. The summed E-state index contributed by atoms with van der Waals surface area (Å²) in [5.74, 6) is -0.384. The molecule has 9 heteroatoms. The van der Waals surface area contributed by atoms with Gasteiger partial charge in [0.15, 0.2) is 18.1 Å². The van der Waals surface area contributed by atoms with Gasteiger partial charge < -0.3 is 24.3 Å². The highest BCUT2D eigenvalue weighted by molar-refractivity contribution is 6.05. The first kappa shape index (κ1) is 24.5. The van der Waals surface area contributed by atoms with Crippen molar-refractivity contribution >= 4 is 28.5 Å². The topological polar surface area (TPSA) is 96.0 Å². The zero-order chi connectivity index (χ0) is 25.7. The van der Waals surface area contributed by atoms with E-state index in [1.165, 1.54) is 45.6 Å². The summed E-state index contributed by atoms with van der Waals surface area (Å²) in [4.78, 5) is 30.0. The number of nitrogens with one attached hydrogen (secondary N) is 1. The maximum atomic E-state index is 13.1. The fourth-order valence-electron chi connectivity index (χ4n) is 3.66. The number of carbonyl (C=O) groups excluding carboxylic acids is 2. The van der Waals surface area contributed by atoms with Crippen molar-refractivity contribution in [1.29, 1.82) is 0 Å². The van der Waals surface area contributed by atoms with E-state index in [2.05, 4.69) is 10.3 Å². The average molecular weight is 490 g/mol. The van der Waals surface area contributed by atoms with Crippen molar-refractivity contribution in [2.24, 2.45) is 0 Å². The van der Waals surface area contributed by atoms with Crippen molar-refractivity contribution < 1.29 is 32.9 Å². The lowest BCUT2D eigenvalue weighted by molar-refractivity contribution is -0.119. The number of hydrogen-bond donors (Lipinski definition) is 1. The van der Waals surface area contributed by atoms with Crippen LogP contribution in [0.3, 0.4) is 0 Å². The molecule has 0 atom stereocenters. The van der Waals surface area contributed by atoms with Crippen LogP contribution in [0.5, 0.6) is 17.2 Å². The Morgan fingerprint density at radius 2 is 1.56 bits per heavy atom. The van der Waals surface area contributed by atoms with Gasteiger partial charge in [0.25, 0.3) is 5.91 Å². The second kappa shape index (κ2) is 10.7. The van der Waals surface area contributed by atoms with Gasteiger partial charge in [-0.05, 0) is 48.5 Å². The number of fused-ring (bicyclic) bond motifs is 1. The molecule has 1 amide bonds. The summed E-state index contributed by atoms with van der Waals surface area (Å²) in [6.45, 7) is -0.521. The molecular formula is C27H23FN2O6. The van der Waals surface area contributed by atoms with Gasteiger partial charge in [-0.25, -0.2) is 14.2 Å². The molecule has 36 heavy (non-hydrogen) atoms. The molecule has 0 radical (unpaired) electrons. The van der Waals surface area contributed by atoms with Crippen molar-refractivity contribution in [3.8, 4) is 28.5 Å². The molecule has 0 aliphatic heterocycles. The van der Waals surface area contributed by atoms with E-state index < -0.39 is 24.3 Å². The molecule has 0 unspecified atom stereocenters. The van der Waals surface area contributed by atoms with E-state index in [4.69, 9.17) is 18.9 Å². The summed E-state index contributed by atoms with van der Waals surface area (Å²) >= 11 is 0. The van der Waals surface area contributed by atoms with E-state index in [0.717, 1.165) is 0 Å². The summed E-state index contributed by atoms with van der Waals surface area (Å²) in [6, 6.07) is 17.4. The number of ether oxygens (including phenoxy) is 4. The predicted molar refractivity (Wildman–Crippen MR) is 132 cm³/mol. The molecule has 1 heterocycles. The van der Waals surface area contributed by atoms with Gasteiger partial charge in [-0.15, -0.1) is 0 Å². The number of amides is 1. The standard InChI is InChI=1S/C27H23FN2O6/c1-33-23-12-16(13-24(34-2)26(23)35-3)22-14-20(19-6-4-5-7-21(19)30-22)27(32)36-15-25(31)29-18-10-8-17(28)9-11-18/h4-14H,15H2,1-3H3,(H,29,31). The molecule has 0 aliphatic rings. The Kier molecular flexibility index (Phi) is 7.29. The fourth-order valence-corrected chi connectivity index (χ4v) is 3.66. The SMILES string of the molecule is COc1cc(-c2cc(C(=O)OCC(=O)Nc3ccc(F)cc3)c3ccccc3n2)cc(OC)c1OC. The van der Waals surface area contributed by atoms with Gasteiger partial charge in [0.05, 0.1) is 38.1 Å². The number of rotatable bonds is 8. The minimum atomic E-state index is -0.698. The summed E-state index contributed by atoms with van der Waals surface area (Å²) in [6.07, 6.45) is 0. The number of carbonyl (C=O) groups is 2. The molecule has 8 nitrogen and oxygen atoms in total. The van der Waals surface area contributed by atoms with Gasteiger partial charge >= 0.3 is 5.97 Å². The number of methoxy groups -OCH3 is 3. The Bertz CT molecular complexity index is 1400. The van der Waals surface area contributed by atoms with E-state index in [0.29, 0.717) is 45.1 Å². The van der Waals surface area contributed by atoms with Gasteiger partial charge in [-0.2, -0.15) is 0 Å². The molecule has 0 fully saturated rings. The van der Waals surface area contributed by atoms with Crippen LogP contribution in [-0.4, -0.2) is 44.8 Å². The summed E-state index contributed by atoms with van der Waals surface area (Å²) in [5.41, 5.74) is 2.27. The third-order valence-corrected chi connectivity index (χ3v) is 5.36. The van der Waals surface area contributed by atoms with Gasteiger partial charge in [0.2, 0.25) is 5.75 Å². The van der Waals surface area contributed by atoms with Crippen LogP contribution >= 0.6 is 0 Å². The number of pyridine rings is 1. The third-order valence-electron chi connectivity index (χ3n) is 5.36. The van der Waals surface area contributed by atoms with Gasteiger partial charge in [-0.1, -0.05) is 18.2 Å². The second-order valence-electron chi connectivity index (χ2n) is 7.62. The van der Waals surface area contributed by atoms with Gasteiger partial charge in [0, 0.05) is 16.6 Å². The molecule has 1 N–H and O–H groups in total. The van der Waals surface area contributed by atoms with E-state index in [1.54, 1.807) is 42.5 Å². The smallest absolute Gasteiger partial charge is 0.339 e. The average Bonchev–Trinajstić information content (AvgIpc) is 2.91. The Labute approximate surface area is 206 Å². The molecule has 0 aliphatic carbocycles. The highest BCUT2D eigenvalue weighted by Gasteiger charge is 2.19. The maximum Gasteiger partial charge on any atom is 0.339 e. The van der Waals surface area contributed by atoms with Crippen LogP contribution in [0, 0.1) is 5.82 Å². The summed E-state index contributed by atoms with van der Waals surface area (Å²) < 4.78 is 34.6. The Balaban J connectivity index is 1.64. The summed E-state index contributed by atoms with van der Waals surface area (Å²) in [5, 5.41) is 3.12. The van der Waals surface area contributed by atoms with Crippen LogP contribution in [0.4, 0.5) is 10.1 Å². The Morgan fingerprint density at radius 3 is 2.19 bits per heavy atom. The van der Waals surface area contributed by atoms with Crippen molar-refractivity contribution in [1.82, 2.24) is 4.98 Å². The number of nitrogens with zero attached hydrogens (tertiary/aromatic N) is 1. The highest BCUT2D eigenvalue weighted by atomic mass is 19.1. The first-order valence-corrected chi connectivity index (χ1v) is 10.9. The number of anilines is 1. The van der Waals surface area contributed by atoms with Crippen LogP contribution < -0.4 is 19.5 Å². The number of para-hydroxylation sites is 1. The zero-order valence-corrected chi connectivity index (χ0v) is 19.8. The molecule has 4 aromatic rings. The normalized spacial score (nSPS) is 10.6. The first-order valence-electron chi connectivity index (χ1n) is 10.9. The van der Waals surface area contributed by atoms with Crippen molar-refractivity contribution in [3.05, 3.63) is 78.1 Å². The minimum Gasteiger partial charge on any atom is -0.493 e. The molecule has 1 aromatic heterocycles. The Hall–Kier alpha value is -4.66. The van der Waals surface area contributed by atoms with Crippen LogP contribution in [0.25, 0.3) is 22.2 Å². The first-order chi connectivity index (χ1) is 17.4. The van der Waals surface area contributed by atoms with Crippen molar-refractivity contribution in [2.45, 2.75) is 0 Å². The van der Waals surface area contributed by atoms with Crippen LogP contribution in [-0.2, 0) is 9.53 Å². The van der Waals surface area contributed by atoms with E-state index in [-0.39, 0.29) is 5.56 Å². The van der Waals surface area contributed by atoms with E-state index >= 15 is 0 Å². The number of esters is 1. The van der Waals surface area contributed by atoms with Gasteiger partial charge in [-0.3, -0.25) is 4.79 Å². The minimum absolute atomic E-state index is 0.235. The number of benzene rings is 3. The van der Waals surface area contributed by atoms with Gasteiger partial charge in [0.1, 0.15) is 5.82 Å². The molecule has 184 valence electrons. The number of aromatic nitrogens is 1. The highest BCUT2D eigenvalue weighted by Crippen LogP contribution is 2.41. The quantitative estimate of drug-likeness (QED) is 0.352. The summed E-state index contributed by atoms with van der Waals surface area (Å²) in [7, 11) is 4.53. The Morgan fingerprint density at radius 1 is 0.889 bits per heavy atom. The predicted octanol–water partition coefficient (Wildman–Crippen LogP) is 4.86. The largest absolute Gasteiger partial charge is 0.493 e. The molecule has 3 aromatic carbocycles. The number of hydrogen-bond acceptors (Lipinski definition) is 7. The molecular weight excluding hydrogens is 467 g/mol. The van der Waals surface area contributed by atoms with Crippen molar-refractivity contribution in [2.75, 3.05) is 33.3 Å². The van der Waals surface area contributed by atoms with E-state index in [9.17, 15) is 14.0 Å². The molecule has 4 rings (SSSR count). The number of halogens is 1. The molecule has 0 spiro atoms. The molecule has 0 saturated heterocycles. The lowest BCUT2D eigenvalue weighted by Gasteiger charge is -2.15. The van der Waals surface area contributed by atoms with Crippen LogP contribution in [0.15, 0.2) is 66.7 Å². The lowest BCUT2D eigenvalue weighted by Crippen LogP contribution is -2.21. The van der Waals surface area contributed by atoms with E-state index in [1.807, 2.05) is 0 Å². The van der Waals surface area contributed by atoms with Crippen LogP contribution in [0.1, 0.15) is 10.4 Å².